The average molecular weight is 258 g/mol. The second kappa shape index (κ2) is 3.60. The molecule has 2 saturated carbocycles. The Kier molecular flexibility index (Phi) is 2.73. The van der Waals surface area contributed by atoms with E-state index in [2.05, 4.69) is 4.18 Å². The minimum atomic E-state index is -5.44. The van der Waals surface area contributed by atoms with Gasteiger partial charge in [0.1, 0.15) is 0 Å². The molecule has 2 aliphatic carbocycles. The van der Waals surface area contributed by atoms with Crippen LogP contribution in [0.1, 0.15) is 38.5 Å². The van der Waals surface area contributed by atoms with E-state index in [1.165, 1.54) is 0 Å². The van der Waals surface area contributed by atoms with Crippen LogP contribution in [0.4, 0.5) is 13.2 Å². The van der Waals surface area contributed by atoms with E-state index in [-0.39, 0.29) is 0 Å². The molecule has 3 nitrogen and oxygen atoms in total. The lowest BCUT2D eigenvalue weighted by atomic mass is 9.86. The topological polar surface area (TPSA) is 43.4 Å². The highest BCUT2D eigenvalue weighted by Crippen LogP contribution is 2.49. The van der Waals surface area contributed by atoms with Crippen LogP contribution in [0.2, 0.25) is 0 Å². The molecule has 0 saturated heterocycles. The third-order valence-corrected chi connectivity index (χ3v) is 4.62. The summed E-state index contributed by atoms with van der Waals surface area (Å²) in [4.78, 5) is 0. The Balaban J connectivity index is 2.16. The first-order chi connectivity index (χ1) is 7.24. The molecule has 0 heterocycles. The number of hydrogen-bond acceptors (Lipinski definition) is 3. The van der Waals surface area contributed by atoms with Gasteiger partial charge in [-0.25, -0.2) is 0 Å². The van der Waals surface area contributed by atoms with E-state index in [4.69, 9.17) is 0 Å². The highest BCUT2D eigenvalue weighted by Gasteiger charge is 2.54. The zero-order valence-electron chi connectivity index (χ0n) is 8.59. The molecular formula is C9H13F3O3S. The Bertz CT molecular complexity index is 372. The summed E-state index contributed by atoms with van der Waals surface area (Å²) in [5, 5.41) is 0. The van der Waals surface area contributed by atoms with Crippen molar-refractivity contribution in [2.45, 2.75) is 49.6 Å². The fraction of sp³-hybridized carbons (Fsp3) is 1.00. The van der Waals surface area contributed by atoms with E-state index in [1.54, 1.807) is 0 Å². The van der Waals surface area contributed by atoms with Crippen LogP contribution in [0, 0.1) is 5.92 Å². The SMILES string of the molecule is O=S(=O)(OC12CCCC(CC1)C2)C(F)(F)F. The Labute approximate surface area is 92.1 Å². The highest BCUT2D eigenvalue weighted by atomic mass is 32.2. The van der Waals surface area contributed by atoms with Gasteiger partial charge in [-0.1, -0.05) is 12.8 Å². The number of alkyl halides is 3. The van der Waals surface area contributed by atoms with Gasteiger partial charge in [-0.2, -0.15) is 21.6 Å². The maximum Gasteiger partial charge on any atom is 0.523 e. The fourth-order valence-corrected chi connectivity index (χ4v) is 3.58. The van der Waals surface area contributed by atoms with Gasteiger partial charge in [0.15, 0.2) is 0 Å². The summed E-state index contributed by atoms with van der Waals surface area (Å²) >= 11 is 0. The molecule has 0 amide bonds. The number of halogens is 3. The van der Waals surface area contributed by atoms with Crippen LogP contribution in [0.15, 0.2) is 0 Å². The van der Waals surface area contributed by atoms with Gasteiger partial charge in [-0.3, -0.25) is 4.18 Å². The largest absolute Gasteiger partial charge is 0.523 e. The van der Waals surface area contributed by atoms with Crippen molar-refractivity contribution in [3.63, 3.8) is 0 Å². The van der Waals surface area contributed by atoms with E-state index < -0.39 is 21.2 Å². The van der Waals surface area contributed by atoms with E-state index >= 15 is 0 Å². The first kappa shape index (κ1) is 12.2. The van der Waals surface area contributed by atoms with Crippen LogP contribution in [0.25, 0.3) is 0 Å². The predicted molar refractivity (Wildman–Crippen MR) is 50.0 cm³/mol. The average Bonchev–Trinajstić information content (AvgIpc) is 2.39. The lowest BCUT2D eigenvalue weighted by molar-refractivity contribution is -0.0678. The fourth-order valence-electron chi connectivity index (χ4n) is 2.78. The summed E-state index contributed by atoms with van der Waals surface area (Å²) in [7, 11) is -5.44. The normalized spacial score (nSPS) is 35.3. The maximum absolute atomic E-state index is 12.2. The monoisotopic (exact) mass is 258 g/mol. The van der Waals surface area contributed by atoms with Crippen molar-refractivity contribution < 1.29 is 25.8 Å². The first-order valence-electron chi connectivity index (χ1n) is 5.26. The van der Waals surface area contributed by atoms with Gasteiger partial charge in [0.2, 0.25) is 0 Å². The minimum Gasteiger partial charge on any atom is -0.256 e. The number of rotatable bonds is 2. The molecule has 2 fully saturated rings. The van der Waals surface area contributed by atoms with Crippen LogP contribution < -0.4 is 0 Å². The van der Waals surface area contributed by atoms with Crippen molar-refractivity contribution in [2.24, 2.45) is 5.92 Å². The van der Waals surface area contributed by atoms with Crippen molar-refractivity contribution in [1.29, 1.82) is 0 Å². The van der Waals surface area contributed by atoms with Gasteiger partial charge in [0.25, 0.3) is 0 Å². The Hall–Kier alpha value is -0.300. The van der Waals surface area contributed by atoms with E-state index in [9.17, 15) is 21.6 Å². The second-order valence-electron chi connectivity index (χ2n) is 4.67. The minimum absolute atomic E-state index is 0.331. The molecule has 0 N–H and O–H groups in total. The molecule has 0 aromatic carbocycles. The first-order valence-corrected chi connectivity index (χ1v) is 6.67. The van der Waals surface area contributed by atoms with Crippen molar-refractivity contribution >= 4 is 10.1 Å². The lowest BCUT2D eigenvalue weighted by Gasteiger charge is -2.32. The third kappa shape index (κ3) is 2.07. The Morgan fingerprint density at radius 2 is 1.88 bits per heavy atom. The molecule has 16 heavy (non-hydrogen) atoms. The van der Waals surface area contributed by atoms with Gasteiger partial charge >= 0.3 is 15.6 Å². The second-order valence-corrected chi connectivity index (χ2v) is 6.21. The highest BCUT2D eigenvalue weighted by molar-refractivity contribution is 7.87. The summed E-state index contributed by atoms with van der Waals surface area (Å²) in [5.41, 5.74) is -6.38. The van der Waals surface area contributed by atoms with Gasteiger partial charge < -0.3 is 0 Å². The van der Waals surface area contributed by atoms with Crippen LogP contribution in [-0.4, -0.2) is 19.5 Å². The molecule has 7 heteroatoms. The zero-order valence-corrected chi connectivity index (χ0v) is 9.40. The number of hydrogen-bond donors (Lipinski definition) is 0. The van der Waals surface area contributed by atoms with Crippen LogP contribution in [0.5, 0.6) is 0 Å². The zero-order chi connectivity index (χ0) is 12.0. The molecule has 0 aromatic rings. The summed E-state index contributed by atoms with van der Waals surface area (Å²) in [6.07, 6.45) is 3.77. The molecule has 2 atom stereocenters. The molecule has 94 valence electrons. The number of fused-ring (bicyclic) bond motifs is 2. The molecule has 2 bridgehead atoms. The molecule has 2 rings (SSSR count). The molecule has 0 radical (unpaired) electrons. The summed E-state index contributed by atoms with van der Waals surface area (Å²) in [6, 6.07) is 0. The van der Waals surface area contributed by atoms with Crippen molar-refractivity contribution in [2.75, 3.05) is 0 Å². The molecule has 0 aliphatic heterocycles. The van der Waals surface area contributed by atoms with Gasteiger partial charge in [-0.15, -0.1) is 0 Å². The van der Waals surface area contributed by atoms with E-state index in [1.807, 2.05) is 0 Å². The molecule has 2 aliphatic rings. The van der Waals surface area contributed by atoms with Gasteiger partial charge in [-0.05, 0) is 31.6 Å². The Morgan fingerprint density at radius 3 is 2.50 bits per heavy atom. The Morgan fingerprint density at radius 1 is 1.19 bits per heavy atom. The molecular weight excluding hydrogens is 245 g/mol. The predicted octanol–water partition coefficient (Wildman–Crippen LogP) is 2.58. The van der Waals surface area contributed by atoms with E-state index in [0.29, 0.717) is 25.2 Å². The quantitative estimate of drug-likeness (QED) is 0.564. The molecule has 2 unspecified atom stereocenters. The van der Waals surface area contributed by atoms with Gasteiger partial charge in [0.05, 0.1) is 5.60 Å². The molecule has 0 spiro atoms. The van der Waals surface area contributed by atoms with Crippen LogP contribution in [-0.2, 0) is 14.3 Å². The lowest BCUT2D eigenvalue weighted by Crippen LogP contribution is -2.39. The van der Waals surface area contributed by atoms with Crippen LogP contribution >= 0.6 is 0 Å². The van der Waals surface area contributed by atoms with Crippen molar-refractivity contribution in [1.82, 2.24) is 0 Å². The molecule has 0 aromatic heterocycles. The maximum atomic E-state index is 12.2. The third-order valence-electron chi connectivity index (χ3n) is 3.48. The van der Waals surface area contributed by atoms with Crippen LogP contribution in [0.3, 0.4) is 0 Å². The van der Waals surface area contributed by atoms with E-state index in [0.717, 1.165) is 19.3 Å². The summed E-state index contributed by atoms with van der Waals surface area (Å²) in [5.74, 6) is 0.331. The smallest absolute Gasteiger partial charge is 0.256 e. The van der Waals surface area contributed by atoms with Gasteiger partial charge in [0, 0.05) is 0 Å². The summed E-state index contributed by atoms with van der Waals surface area (Å²) < 4.78 is 63.0. The summed E-state index contributed by atoms with van der Waals surface area (Å²) in [6.45, 7) is 0. The standard InChI is InChI=1S/C9H13F3O3S/c10-9(11,12)16(13,14)15-8-4-1-2-7(6-8)3-5-8/h7H,1-6H2. The van der Waals surface area contributed by atoms with Crippen molar-refractivity contribution in [3.8, 4) is 0 Å². The van der Waals surface area contributed by atoms with Crippen molar-refractivity contribution in [3.05, 3.63) is 0 Å².